The van der Waals surface area contributed by atoms with Crippen molar-refractivity contribution in [2.24, 2.45) is 0 Å². The van der Waals surface area contributed by atoms with Crippen molar-refractivity contribution in [1.82, 2.24) is 5.32 Å². The molecule has 0 radical (unpaired) electrons. The Morgan fingerprint density at radius 3 is 2.61 bits per heavy atom. The van der Waals surface area contributed by atoms with Crippen LogP contribution in [0.15, 0.2) is 48.5 Å². The number of ether oxygens (including phenoxy) is 2. The average Bonchev–Trinajstić information content (AvgIpc) is 3.35. The van der Waals surface area contributed by atoms with Gasteiger partial charge in [0, 0.05) is 12.6 Å². The molecule has 0 spiro atoms. The van der Waals surface area contributed by atoms with Gasteiger partial charge >= 0.3 is 6.09 Å². The number of hydrogen-bond donors (Lipinski definition) is 1. The standard InChI is InChI=1S/C18H18FNO3/c1-20-17(21)23-18(9-10-18)15-11-14(19)7-8-16(15)22-12-13-5-3-2-4-6-13/h2-8,11H,9-10,12H2,1H3,(H,20,21). The topological polar surface area (TPSA) is 47.6 Å². The summed E-state index contributed by atoms with van der Waals surface area (Å²) in [6, 6.07) is 14.0. The van der Waals surface area contributed by atoms with Gasteiger partial charge in [0.15, 0.2) is 0 Å². The fourth-order valence-corrected chi connectivity index (χ4v) is 2.49. The van der Waals surface area contributed by atoms with Gasteiger partial charge in [-0.2, -0.15) is 0 Å². The number of carbonyl (C=O) groups excluding carboxylic acids is 1. The maximum Gasteiger partial charge on any atom is 0.407 e. The van der Waals surface area contributed by atoms with Gasteiger partial charge in [-0.25, -0.2) is 9.18 Å². The van der Waals surface area contributed by atoms with E-state index in [1.54, 1.807) is 6.07 Å². The van der Waals surface area contributed by atoms with Crippen molar-refractivity contribution < 1.29 is 18.7 Å². The van der Waals surface area contributed by atoms with Crippen LogP contribution in [0.4, 0.5) is 9.18 Å². The number of alkyl carbamates (subject to hydrolysis) is 1. The zero-order valence-corrected chi connectivity index (χ0v) is 12.8. The lowest BCUT2D eigenvalue weighted by molar-refractivity contribution is 0.0805. The molecule has 1 aliphatic rings. The summed E-state index contributed by atoms with van der Waals surface area (Å²) in [5.74, 6) is 0.162. The first-order valence-corrected chi connectivity index (χ1v) is 7.50. The molecule has 0 atom stereocenters. The van der Waals surface area contributed by atoms with Gasteiger partial charge in [-0.3, -0.25) is 0 Å². The number of hydrogen-bond acceptors (Lipinski definition) is 3. The van der Waals surface area contributed by atoms with E-state index in [4.69, 9.17) is 9.47 Å². The Hall–Kier alpha value is -2.56. The quantitative estimate of drug-likeness (QED) is 0.914. The van der Waals surface area contributed by atoms with Gasteiger partial charge in [-0.15, -0.1) is 0 Å². The van der Waals surface area contributed by atoms with Crippen LogP contribution in [0.5, 0.6) is 5.75 Å². The summed E-state index contributed by atoms with van der Waals surface area (Å²) in [6.45, 7) is 0.371. The van der Waals surface area contributed by atoms with Crippen LogP contribution >= 0.6 is 0 Å². The summed E-state index contributed by atoms with van der Waals surface area (Å²) in [7, 11) is 1.50. The Morgan fingerprint density at radius 1 is 1.22 bits per heavy atom. The summed E-state index contributed by atoms with van der Waals surface area (Å²) >= 11 is 0. The van der Waals surface area contributed by atoms with E-state index in [0.717, 1.165) is 5.56 Å². The number of halogens is 1. The van der Waals surface area contributed by atoms with E-state index < -0.39 is 11.7 Å². The minimum Gasteiger partial charge on any atom is -0.488 e. The second-order valence-electron chi connectivity index (χ2n) is 5.55. The minimum absolute atomic E-state index is 0.371. The van der Waals surface area contributed by atoms with Crippen LogP contribution in [0.1, 0.15) is 24.0 Å². The predicted octanol–water partition coefficient (Wildman–Crippen LogP) is 3.75. The molecule has 3 rings (SSSR count). The highest BCUT2D eigenvalue weighted by Crippen LogP contribution is 2.52. The lowest BCUT2D eigenvalue weighted by atomic mass is 10.1. The van der Waals surface area contributed by atoms with Crippen molar-refractivity contribution in [3.8, 4) is 5.75 Å². The second-order valence-corrected chi connectivity index (χ2v) is 5.55. The number of carbonyl (C=O) groups is 1. The first kappa shape index (κ1) is 15.3. The smallest absolute Gasteiger partial charge is 0.407 e. The molecule has 0 saturated heterocycles. The van der Waals surface area contributed by atoms with Gasteiger partial charge in [-0.1, -0.05) is 30.3 Å². The van der Waals surface area contributed by atoms with Gasteiger partial charge < -0.3 is 14.8 Å². The third kappa shape index (κ3) is 3.44. The van der Waals surface area contributed by atoms with Gasteiger partial charge in [0.25, 0.3) is 0 Å². The fraction of sp³-hybridized carbons (Fsp3) is 0.278. The molecule has 1 N–H and O–H groups in total. The van der Waals surface area contributed by atoms with Crippen LogP contribution in [-0.2, 0) is 16.9 Å². The first-order valence-electron chi connectivity index (χ1n) is 7.50. The molecule has 120 valence electrons. The molecule has 0 heterocycles. The molecule has 5 heteroatoms. The predicted molar refractivity (Wildman–Crippen MR) is 83.6 cm³/mol. The third-order valence-electron chi connectivity index (χ3n) is 3.87. The zero-order valence-electron chi connectivity index (χ0n) is 12.8. The number of amides is 1. The van der Waals surface area contributed by atoms with E-state index in [-0.39, 0.29) is 5.82 Å². The SMILES string of the molecule is CNC(=O)OC1(c2cc(F)ccc2OCc2ccccc2)CC1. The number of rotatable bonds is 5. The summed E-state index contributed by atoms with van der Waals surface area (Å²) in [6.07, 6.45) is 0.790. The Labute approximate surface area is 134 Å². The molecule has 0 aliphatic heterocycles. The van der Waals surface area contributed by atoms with Crippen LogP contribution in [0, 0.1) is 5.82 Å². The Balaban J connectivity index is 1.82. The van der Waals surface area contributed by atoms with Crippen molar-refractivity contribution >= 4 is 6.09 Å². The molecule has 2 aromatic rings. The van der Waals surface area contributed by atoms with Crippen LogP contribution in [-0.4, -0.2) is 13.1 Å². The lowest BCUT2D eigenvalue weighted by Crippen LogP contribution is -2.26. The van der Waals surface area contributed by atoms with E-state index >= 15 is 0 Å². The van der Waals surface area contributed by atoms with Gasteiger partial charge in [0.05, 0.1) is 0 Å². The van der Waals surface area contributed by atoms with Gasteiger partial charge in [0.2, 0.25) is 0 Å². The third-order valence-corrected chi connectivity index (χ3v) is 3.87. The van der Waals surface area contributed by atoms with E-state index in [2.05, 4.69) is 5.32 Å². The highest BCUT2D eigenvalue weighted by atomic mass is 19.1. The second kappa shape index (κ2) is 6.28. The Kier molecular flexibility index (Phi) is 4.19. The first-order chi connectivity index (χ1) is 11.1. The highest BCUT2D eigenvalue weighted by Gasteiger charge is 2.50. The molecule has 0 aromatic heterocycles. The molecule has 1 saturated carbocycles. The van der Waals surface area contributed by atoms with Crippen molar-refractivity contribution in [3.63, 3.8) is 0 Å². The number of benzene rings is 2. The van der Waals surface area contributed by atoms with Crippen LogP contribution in [0.25, 0.3) is 0 Å². The fourth-order valence-electron chi connectivity index (χ4n) is 2.49. The summed E-state index contributed by atoms with van der Waals surface area (Å²) in [5, 5.41) is 2.43. The van der Waals surface area contributed by atoms with E-state index in [9.17, 15) is 9.18 Å². The monoisotopic (exact) mass is 315 g/mol. The molecule has 0 bridgehead atoms. The Morgan fingerprint density at radius 2 is 1.96 bits per heavy atom. The maximum atomic E-state index is 13.7. The zero-order chi connectivity index (χ0) is 16.3. The maximum absolute atomic E-state index is 13.7. The van der Waals surface area contributed by atoms with Crippen LogP contribution in [0.2, 0.25) is 0 Å². The molecular weight excluding hydrogens is 297 g/mol. The largest absolute Gasteiger partial charge is 0.488 e. The summed E-state index contributed by atoms with van der Waals surface area (Å²) < 4.78 is 25.0. The van der Waals surface area contributed by atoms with Gasteiger partial charge in [0.1, 0.15) is 23.8 Å². The molecule has 23 heavy (non-hydrogen) atoms. The van der Waals surface area contributed by atoms with Gasteiger partial charge in [-0.05, 0) is 36.6 Å². The van der Waals surface area contributed by atoms with Crippen molar-refractivity contribution in [2.75, 3.05) is 7.05 Å². The molecular formula is C18H18FNO3. The van der Waals surface area contributed by atoms with E-state index in [1.165, 1.54) is 19.2 Å². The van der Waals surface area contributed by atoms with Crippen molar-refractivity contribution in [3.05, 3.63) is 65.5 Å². The van der Waals surface area contributed by atoms with E-state index in [1.807, 2.05) is 30.3 Å². The van der Waals surface area contributed by atoms with Crippen LogP contribution in [0.3, 0.4) is 0 Å². The number of nitrogens with one attached hydrogen (secondary N) is 1. The molecule has 2 aromatic carbocycles. The average molecular weight is 315 g/mol. The van der Waals surface area contributed by atoms with E-state index in [0.29, 0.717) is 30.8 Å². The molecule has 1 fully saturated rings. The van der Waals surface area contributed by atoms with Crippen molar-refractivity contribution in [1.29, 1.82) is 0 Å². The lowest BCUT2D eigenvalue weighted by Gasteiger charge is -2.20. The molecule has 1 aliphatic carbocycles. The molecule has 0 unspecified atom stereocenters. The molecule has 4 nitrogen and oxygen atoms in total. The molecule has 1 amide bonds. The van der Waals surface area contributed by atoms with Crippen LogP contribution < -0.4 is 10.1 Å². The summed E-state index contributed by atoms with van der Waals surface area (Å²) in [5.41, 5.74) is 0.811. The highest BCUT2D eigenvalue weighted by molar-refractivity contribution is 5.68. The Bertz CT molecular complexity index is 699. The normalized spacial score (nSPS) is 14.9. The minimum atomic E-state index is -0.784. The summed E-state index contributed by atoms with van der Waals surface area (Å²) in [4.78, 5) is 11.5. The van der Waals surface area contributed by atoms with Crippen molar-refractivity contribution in [2.45, 2.75) is 25.0 Å².